The maximum atomic E-state index is 13.0. The van der Waals surface area contributed by atoms with Gasteiger partial charge in [-0.05, 0) is 31.6 Å². The maximum absolute atomic E-state index is 13.0. The Kier molecular flexibility index (Phi) is 6.76. The van der Waals surface area contributed by atoms with Crippen molar-refractivity contribution in [2.24, 2.45) is 5.92 Å². The monoisotopic (exact) mass is 455 g/mol. The van der Waals surface area contributed by atoms with Crippen molar-refractivity contribution < 1.29 is 32.4 Å². The third-order valence-electron chi connectivity index (χ3n) is 4.95. The van der Waals surface area contributed by atoms with Crippen molar-refractivity contribution in [1.29, 1.82) is 0 Å². The predicted octanol–water partition coefficient (Wildman–Crippen LogP) is 2.15. The molecule has 3 rings (SSSR count). The van der Waals surface area contributed by atoms with E-state index in [1.807, 2.05) is 6.92 Å². The van der Waals surface area contributed by atoms with Gasteiger partial charge in [0.15, 0.2) is 27.2 Å². The molecule has 0 bridgehead atoms. The maximum Gasteiger partial charge on any atom is 0.182 e. The van der Waals surface area contributed by atoms with E-state index in [-0.39, 0.29) is 46.2 Å². The molecule has 2 aliphatic rings. The Morgan fingerprint density at radius 2 is 1.93 bits per heavy atom. The molecular weight excluding hydrogens is 434 g/mol. The van der Waals surface area contributed by atoms with Gasteiger partial charge in [-0.1, -0.05) is 11.6 Å². The van der Waals surface area contributed by atoms with Crippen molar-refractivity contribution in [2.75, 3.05) is 19.5 Å². The fourth-order valence-electron chi connectivity index (χ4n) is 3.51. The number of sulfone groups is 1. The number of ether oxygens (including phenoxy) is 1. The van der Waals surface area contributed by atoms with Gasteiger partial charge in [0.05, 0.1) is 22.2 Å². The number of benzene rings is 1. The predicted molar refractivity (Wildman–Crippen MR) is 109 cm³/mol. The number of Topliss-reactive ketones (excluding diaryl/α,β-unsaturated/α-hetero) is 3. The summed E-state index contributed by atoms with van der Waals surface area (Å²) in [5, 5.41) is -0.159. The molecule has 1 unspecified atom stereocenters. The number of rotatable bonds is 7. The average Bonchev–Trinajstić information content (AvgIpc) is 3.13. The van der Waals surface area contributed by atoms with E-state index < -0.39 is 39.2 Å². The van der Waals surface area contributed by atoms with Gasteiger partial charge in [-0.25, -0.2) is 8.42 Å². The van der Waals surface area contributed by atoms with Crippen LogP contribution in [0.2, 0.25) is 5.02 Å². The van der Waals surface area contributed by atoms with E-state index in [4.69, 9.17) is 21.2 Å². The molecule has 1 aromatic carbocycles. The van der Waals surface area contributed by atoms with Gasteiger partial charge in [0, 0.05) is 36.8 Å². The Labute approximate surface area is 179 Å². The van der Waals surface area contributed by atoms with E-state index >= 15 is 0 Å². The average molecular weight is 456 g/mol. The minimum absolute atomic E-state index is 0.0553. The third-order valence-corrected chi connectivity index (χ3v) is 6.48. The molecule has 8 nitrogen and oxygen atoms in total. The van der Waals surface area contributed by atoms with Crippen molar-refractivity contribution in [3.8, 4) is 0 Å². The molecule has 0 saturated heterocycles. The number of nitrogens with one attached hydrogen (secondary N) is 1. The second-order valence-electron chi connectivity index (χ2n) is 7.15. The highest BCUT2D eigenvalue weighted by Gasteiger charge is 2.38. The van der Waals surface area contributed by atoms with Crippen LogP contribution in [-0.2, 0) is 29.0 Å². The number of carbonyl (C=O) groups is 3. The van der Waals surface area contributed by atoms with Crippen LogP contribution in [0.5, 0.6) is 0 Å². The molecule has 1 aliphatic heterocycles. The summed E-state index contributed by atoms with van der Waals surface area (Å²) in [6.45, 7) is 2.54. The van der Waals surface area contributed by atoms with Crippen LogP contribution in [0, 0.1) is 5.92 Å². The third kappa shape index (κ3) is 4.49. The fourth-order valence-corrected chi connectivity index (χ4v) is 4.82. The first kappa shape index (κ1) is 22.6. The van der Waals surface area contributed by atoms with Gasteiger partial charge in [-0.3, -0.25) is 24.7 Å². The standard InChI is InChI=1S/C20H22ClNO7S/c1-3-28-10-11-9-13(22-29-11)17-16(30(2,26)27)8-7-12(19(17)21)20(25)18-14(23)5-4-6-15(18)24/h7-9,11,18,22H,3-6,10H2,1-2H3. The summed E-state index contributed by atoms with van der Waals surface area (Å²) in [6, 6.07) is 2.49. The number of carbonyl (C=O) groups excluding carboxylic acids is 3. The van der Waals surface area contributed by atoms with Crippen molar-refractivity contribution in [3.05, 3.63) is 34.4 Å². The lowest BCUT2D eigenvalue weighted by molar-refractivity contribution is -0.133. The minimum Gasteiger partial charge on any atom is -0.379 e. The van der Waals surface area contributed by atoms with Crippen molar-refractivity contribution in [3.63, 3.8) is 0 Å². The van der Waals surface area contributed by atoms with Gasteiger partial charge in [-0.2, -0.15) is 0 Å². The Morgan fingerprint density at radius 3 is 2.53 bits per heavy atom. The van der Waals surface area contributed by atoms with Crippen LogP contribution in [0.4, 0.5) is 0 Å². The van der Waals surface area contributed by atoms with E-state index in [0.29, 0.717) is 13.0 Å². The molecular formula is C20H22ClNO7S. The lowest BCUT2D eigenvalue weighted by Crippen LogP contribution is -2.35. The fraction of sp³-hybridized carbons (Fsp3) is 0.450. The molecule has 1 N–H and O–H groups in total. The van der Waals surface area contributed by atoms with E-state index in [0.717, 1.165) is 6.26 Å². The van der Waals surface area contributed by atoms with Crippen LogP contribution < -0.4 is 5.48 Å². The van der Waals surface area contributed by atoms with Gasteiger partial charge in [0.2, 0.25) is 0 Å². The molecule has 0 radical (unpaired) electrons. The Hall–Kier alpha value is -2.07. The number of hydrogen-bond acceptors (Lipinski definition) is 8. The van der Waals surface area contributed by atoms with Crippen LogP contribution in [-0.4, -0.2) is 51.3 Å². The van der Waals surface area contributed by atoms with Gasteiger partial charge >= 0.3 is 0 Å². The quantitative estimate of drug-likeness (QED) is 0.491. The summed E-state index contributed by atoms with van der Waals surface area (Å²) in [5.74, 6) is -3.01. The molecule has 10 heteroatoms. The Balaban J connectivity index is 2.08. The molecule has 30 heavy (non-hydrogen) atoms. The van der Waals surface area contributed by atoms with Crippen LogP contribution in [0.15, 0.2) is 23.1 Å². The van der Waals surface area contributed by atoms with Crippen LogP contribution >= 0.6 is 11.6 Å². The van der Waals surface area contributed by atoms with Crippen molar-refractivity contribution in [2.45, 2.75) is 37.2 Å². The zero-order valence-corrected chi connectivity index (χ0v) is 18.1. The highest BCUT2D eigenvalue weighted by molar-refractivity contribution is 7.90. The topological polar surface area (TPSA) is 116 Å². The summed E-state index contributed by atoms with van der Waals surface area (Å²) in [4.78, 5) is 42.7. The molecule has 0 aromatic heterocycles. The van der Waals surface area contributed by atoms with E-state index in [1.165, 1.54) is 12.1 Å². The molecule has 1 fully saturated rings. The molecule has 1 aliphatic carbocycles. The van der Waals surface area contributed by atoms with Gasteiger partial charge in [0.1, 0.15) is 12.0 Å². The molecule has 1 aromatic rings. The molecule has 1 atom stereocenters. The number of halogens is 1. The molecule has 0 spiro atoms. The second kappa shape index (κ2) is 8.97. The SMILES string of the molecule is CCOCC1C=C(c2c(S(C)(=O)=O)ccc(C(=O)C3C(=O)CCCC3=O)c2Cl)NO1. The smallest absolute Gasteiger partial charge is 0.182 e. The Morgan fingerprint density at radius 1 is 1.27 bits per heavy atom. The lowest BCUT2D eigenvalue weighted by atomic mass is 9.81. The van der Waals surface area contributed by atoms with Crippen molar-refractivity contribution in [1.82, 2.24) is 5.48 Å². The molecule has 162 valence electrons. The summed E-state index contributed by atoms with van der Waals surface area (Å²) in [6.07, 6.45) is 2.86. The van der Waals surface area contributed by atoms with Crippen molar-refractivity contribution >= 4 is 44.5 Å². The first-order valence-electron chi connectivity index (χ1n) is 9.49. The lowest BCUT2D eigenvalue weighted by Gasteiger charge is -2.20. The minimum atomic E-state index is -3.71. The van der Waals surface area contributed by atoms with E-state index in [1.54, 1.807) is 6.08 Å². The largest absolute Gasteiger partial charge is 0.379 e. The van der Waals surface area contributed by atoms with Crippen LogP contribution in [0.1, 0.15) is 42.1 Å². The summed E-state index contributed by atoms with van der Waals surface area (Å²) >= 11 is 6.49. The molecule has 1 heterocycles. The highest BCUT2D eigenvalue weighted by Crippen LogP contribution is 2.36. The Bertz CT molecular complexity index is 1020. The first-order valence-corrected chi connectivity index (χ1v) is 11.8. The second-order valence-corrected chi connectivity index (χ2v) is 9.52. The number of hydroxylamine groups is 1. The normalized spacial score (nSPS) is 20.2. The van der Waals surface area contributed by atoms with Crippen LogP contribution in [0.3, 0.4) is 0 Å². The number of hydrogen-bond donors (Lipinski definition) is 1. The summed E-state index contributed by atoms with van der Waals surface area (Å²) < 4.78 is 30.0. The molecule has 1 saturated carbocycles. The van der Waals surface area contributed by atoms with E-state index in [9.17, 15) is 22.8 Å². The first-order chi connectivity index (χ1) is 14.1. The number of ketones is 3. The van der Waals surface area contributed by atoms with Gasteiger partial charge in [0.25, 0.3) is 0 Å². The van der Waals surface area contributed by atoms with Gasteiger partial charge < -0.3 is 4.74 Å². The molecule has 0 amide bonds. The highest BCUT2D eigenvalue weighted by atomic mass is 35.5. The van der Waals surface area contributed by atoms with Gasteiger partial charge in [-0.15, -0.1) is 0 Å². The van der Waals surface area contributed by atoms with Crippen LogP contribution in [0.25, 0.3) is 5.70 Å². The van der Waals surface area contributed by atoms with E-state index in [2.05, 4.69) is 5.48 Å². The summed E-state index contributed by atoms with van der Waals surface area (Å²) in [5.41, 5.74) is 2.88. The zero-order chi connectivity index (χ0) is 22.1. The summed E-state index contributed by atoms with van der Waals surface area (Å²) in [7, 11) is -3.71. The zero-order valence-electron chi connectivity index (χ0n) is 16.6.